The maximum atomic E-state index is 12.2. The van der Waals surface area contributed by atoms with Crippen LogP contribution in [0.15, 0.2) is 48.5 Å². The number of hydrogen-bond donors (Lipinski definition) is 1. The molecule has 0 bridgehead atoms. The molecule has 0 aromatic heterocycles. The number of hydrogen-bond acceptors (Lipinski definition) is 5. The van der Waals surface area contributed by atoms with E-state index in [9.17, 15) is 9.59 Å². The molecule has 0 spiro atoms. The molecule has 0 radical (unpaired) electrons. The van der Waals surface area contributed by atoms with Gasteiger partial charge in [0.15, 0.2) is 12.7 Å². The van der Waals surface area contributed by atoms with Gasteiger partial charge in [0.1, 0.15) is 11.5 Å². The molecule has 0 fully saturated rings. The highest BCUT2D eigenvalue weighted by atomic mass is 16.6. The zero-order valence-electron chi connectivity index (χ0n) is 17.7. The molecule has 0 aliphatic rings. The molecule has 1 amide bonds. The Kier molecular flexibility index (Phi) is 7.65. The second kappa shape index (κ2) is 9.96. The van der Waals surface area contributed by atoms with Crippen LogP contribution >= 0.6 is 0 Å². The van der Waals surface area contributed by atoms with Gasteiger partial charge in [-0.05, 0) is 41.7 Å². The largest absolute Gasteiger partial charge is 0.497 e. The van der Waals surface area contributed by atoms with Gasteiger partial charge in [-0.3, -0.25) is 4.79 Å². The molecule has 0 aliphatic carbocycles. The second-order valence-electron chi connectivity index (χ2n) is 7.73. The van der Waals surface area contributed by atoms with Crippen LogP contribution < -0.4 is 14.8 Å². The molecule has 1 atom stereocenters. The highest BCUT2D eigenvalue weighted by Gasteiger charge is 2.21. The molecule has 2 rings (SSSR count). The summed E-state index contributed by atoms with van der Waals surface area (Å²) in [5.74, 6) is 0.411. The van der Waals surface area contributed by atoms with E-state index in [1.807, 2.05) is 48.5 Å². The molecule has 0 saturated heterocycles. The normalized spacial score (nSPS) is 12.0. The Morgan fingerprint density at radius 1 is 1.03 bits per heavy atom. The summed E-state index contributed by atoms with van der Waals surface area (Å²) < 4.78 is 15.9. The number of amides is 1. The first-order chi connectivity index (χ1) is 13.7. The van der Waals surface area contributed by atoms with E-state index >= 15 is 0 Å². The van der Waals surface area contributed by atoms with E-state index in [-0.39, 0.29) is 17.9 Å². The molecule has 156 valence electrons. The number of esters is 1. The molecule has 1 N–H and O–H groups in total. The number of carbonyl (C=O) groups is 2. The van der Waals surface area contributed by atoms with Crippen molar-refractivity contribution in [1.29, 1.82) is 0 Å². The summed E-state index contributed by atoms with van der Waals surface area (Å²) in [5.41, 5.74) is 1.80. The second-order valence-corrected chi connectivity index (χ2v) is 7.73. The van der Waals surface area contributed by atoms with Gasteiger partial charge in [0.25, 0.3) is 5.91 Å². The van der Waals surface area contributed by atoms with Crippen molar-refractivity contribution >= 4 is 11.9 Å². The fourth-order valence-electron chi connectivity index (χ4n) is 2.71. The molecular weight excluding hydrogens is 370 g/mol. The van der Waals surface area contributed by atoms with Crippen molar-refractivity contribution in [3.63, 3.8) is 0 Å². The van der Waals surface area contributed by atoms with Crippen molar-refractivity contribution in [2.75, 3.05) is 13.7 Å². The highest BCUT2D eigenvalue weighted by molar-refractivity contribution is 5.83. The quantitative estimate of drug-likeness (QED) is 0.687. The molecule has 6 nitrogen and oxygen atoms in total. The molecule has 0 unspecified atom stereocenters. The lowest BCUT2D eigenvalue weighted by Gasteiger charge is -2.22. The smallest absolute Gasteiger partial charge is 0.344 e. The number of para-hydroxylation sites is 1. The van der Waals surface area contributed by atoms with E-state index in [1.54, 1.807) is 7.11 Å². The van der Waals surface area contributed by atoms with E-state index in [1.165, 1.54) is 6.92 Å². The SMILES string of the molecule is COc1ccc(CNC(=O)[C@@H](C)OC(=O)COc2ccccc2C(C)(C)C)cc1. The third-order valence-corrected chi connectivity index (χ3v) is 4.34. The Labute approximate surface area is 172 Å². The fraction of sp³-hybridized carbons (Fsp3) is 0.391. The van der Waals surface area contributed by atoms with Gasteiger partial charge in [-0.15, -0.1) is 0 Å². The predicted molar refractivity (Wildman–Crippen MR) is 111 cm³/mol. The Hall–Kier alpha value is -3.02. The number of benzene rings is 2. The standard InChI is InChI=1S/C23H29NO5/c1-16(22(26)24-14-17-10-12-18(27-5)13-11-17)29-21(25)15-28-20-9-7-6-8-19(20)23(2,3)4/h6-13,16H,14-15H2,1-5H3,(H,24,26)/t16-/m1/s1. The third kappa shape index (κ3) is 6.82. The summed E-state index contributed by atoms with van der Waals surface area (Å²) >= 11 is 0. The summed E-state index contributed by atoms with van der Waals surface area (Å²) in [5, 5.41) is 2.75. The van der Waals surface area contributed by atoms with Gasteiger partial charge >= 0.3 is 5.97 Å². The van der Waals surface area contributed by atoms with Gasteiger partial charge in [-0.1, -0.05) is 51.1 Å². The summed E-state index contributed by atoms with van der Waals surface area (Å²) in [6.07, 6.45) is -0.915. The van der Waals surface area contributed by atoms with Crippen LogP contribution in [0.1, 0.15) is 38.8 Å². The van der Waals surface area contributed by atoms with Crippen LogP contribution in [-0.4, -0.2) is 31.7 Å². The van der Waals surface area contributed by atoms with Crippen LogP contribution in [0.5, 0.6) is 11.5 Å². The van der Waals surface area contributed by atoms with Crippen molar-refractivity contribution in [2.24, 2.45) is 0 Å². The Morgan fingerprint density at radius 2 is 1.69 bits per heavy atom. The molecule has 0 aliphatic heterocycles. The van der Waals surface area contributed by atoms with Gasteiger partial charge < -0.3 is 19.5 Å². The van der Waals surface area contributed by atoms with Crippen molar-refractivity contribution in [2.45, 2.75) is 45.8 Å². The van der Waals surface area contributed by atoms with E-state index in [0.717, 1.165) is 16.9 Å². The molecule has 2 aromatic carbocycles. The summed E-state index contributed by atoms with van der Waals surface area (Å²) in [7, 11) is 1.60. The van der Waals surface area contributed by atoms with Gasteiger partial charge in [0.05, 0.1) is 7.11 Å². The molecule has 2 aromatic rings. The van der Waals surface area contributed by atoms with Crippen LogP contribution in [0.4, 0.5) is 0 Å². The first-order valence-electron chi connectivity index (χ1n) is 9.53. The molecular formula is C23H29NO5. The van der Waals surface area contributed by atoms with E-state index in [0.29, 0.717) is 12.3 Å². The molecule has 0 saturated carbocycles. The van der Waals surface area contributed by atoms with Crippen LogP contribution in [0.25, 0.3) is 0 Å². The van der Waals surface area contributed by atoms with E-state index in [4.69, 9.17) is 14.2 Å². The van der Waals surface area contributed by atoms with Gasteiger partial charge in [0.2, 0.25) is 0 Å². The summed E-state index contributed by atoms with van der Waals surface area (Å²) in [4.78, 5) is 24.3. The van der Waals surface area contributed by atoms with Crippen molar-refractivity contribution in [1.82, 2.24) is 5.32 Å². The van der Waals surface area contributed by atoms with Gasteiger partial charge in [-0.2, -0.15) is 0 Å². The molecule has 6 heteroatoms. The summed E-state index contributed by atoms with van der Waals surface area (Å²) in [6, 6.07) is 14.9. The minimum atomic E-state index is -0.915. The minimum absolute atomic E-state index is 0.116. The number of rotatable bonds is 8. The van der Waals surface area contributed by atoms with E-state index in [2.05, 4.69) is 26.1 Å². The molecule has 0 heterocycles. The number of carbonyl (C=O) groups excluding carboxylic acids is 2. The van der Waals surface area contributed by atoms with Crippen LogP contribution in [0, 0.1) is 0 Å². The van der Waals surface area contributed by atoms with Gasteiger partial charge in [-0.25, -0.2) is 4.79 Å². The monoisotopic (exact) mass is 399 g/mol. The number of ether oxygens (including phenoxy) is 3. The topological polar surface area (TPSA) is 73.9 Å². The first kappa shape index (κ1) is 22.3. The zero-order valence-corrected chi connectivity index (χ0v) is 17.7. The minimum Gasteiger partial charge on any atom is -0.497 e. The lowest BCUT2D eigenvalue weighted by atomic mass is 9.86. The van der Waals surface area contributed by atoms with Gasteiger partial charge in [0, 0.05) is 6.54 Å². The number of methoxy groups -OCH3 is 1. The fourth-order valence-corrected chi connectivity index (χ4v) is 2.71. The predicted octanol–water partition coefficient (Wildman–Crippen LogP) is 3.62. The maximum Gasteiger partial charge on any atom is 0.344 e. The first-order valence-corrected chi connectivity index (χ1v) is 9.53. The van der Waals surface area contributed by atoms with Crippen LogP contribution in [0.3, 0.4) is 0 Å². The van der Waals surface area contributed by atoms with Crippen LogP contribution in [-0.2, 0) is 26.3 Å². The molecule has 29 heavy (non-hydrogen) atoms. The number of nitrogens with one attached hydrogen (secondary N) is 1. The Morgan fingerprint density at radius 3 is 2.31 bits per heavy atom. The summed E-state index contributed by atoms with van der Waals surface area (Å²) in [6.45, 7) is 7.82. The Bertz CT molecular complexity index is 824. The lowest BCUT2D eigenvalue weighted by molar-refractivity contribution is -0.156. The third-order valence-electron chi connectivity index (χ3n) is 4.34. The zero-order chi connectivity index (χ0) is 21.4. The Balaban J connectivity index is 1.81. The highest BCUT2D eigenvalue weighted by Crippen LogP contribution is 2.30. The van der Waals surface area contributed by atoms with E-state index < -0.39 is 12.1 Å². The average molecular weight is 399 g/mol. The van der Waals surface area contributed by atoms with Crippen molar-refractivity contribution in [3.05, 3.63) is 59.7 Å². The lowest BCUT2D eigenvalue weighted by Crippen LogP contribution is -2.36. The van der Waals surface area contributed by atoms with Crippen LogP contribution in [0.2, 0.25) is 0 Å². The maximum absolute atomic E-state index is 12.2. The average Bonchev–Trinajstić information content (AvgIpc) is 2.70. The van der Waals surface area contributed by atoms with Crippen molar-refractivity contribution < 1.29 is 23.8 Å². The van der Waals surface area contributed by atoms with Crippen molar-refractivity contribution in [3.8, 4) is 11.5 Å².